The van der Waals surface area contributed by atoms with Crippen LogP contribution in [0, 0.1) is 0 Å². The second kappa shape index (κ2) is 5.67. The molecule has 0 bridgehead atoms. The monoisotopic (exact) mass is 193 g/mol. The Balaban J connectivity index is 3.37. The molecule has 0 spiro atoms. The van der Waals surface area contributed by atoms with Gasteiger partial charge in [-0.3, -0.25) is 4.21 Å². The highest BCUT2D eigenvalue weighted by Gasteiger charge is 2.15. The van der Waals surface area contributed by atoms with Crippen LogP contribution in [0.4, 0.5) is 0 Å². The minimum atomic E-state index is -0.740. The van der Waals surface area contributed by atoms with Gasteiger partial charge in [0.2, 0.25) is 0 Å². The molecule has 12 heavy (non-hydrogen) atoms. The maximum atomic E-state index is 10.6. The summed E-state index contributed by atoms with van der Waals surface area (Å²) in [4.78, 5) is 0. The van der Waals surface area contributed by atoms with E-state index in [0.29, 0.717) is 18.8 Å². The van der Waals surface area contributed by atoms with E-state index < -0.39 is 16.4 Å². The van der Waals surface area contributed by atoms with Gasteiger partial charge in [-0.05, 0) is 13.3 Å². The molecule has 0 aliphatic carbocycles. The Labute approximate surface area is 77.0 Å². The van der Waals surface area contributed by atoms with Gasteiger partial charge in [-0.1, -0.05) is 6.92 Å². The standard InChI is InChI=1S/C8H19NO2S/c1-4-8(2,10)7-9-5-6-12(3)11/h9-10H,4-7H2,1-3H3. The van der Waals surface area contributed by atoms with Crippen molar-refractivity contribution in [1.29, 1.82) is 0 Å². The molecule has 4 heteroatoms. The van der Waals surface area contributed by atoms with Crippen molar-refractivity contribution in [3.63, 3.8) is 0 Å². The summed E-state index contributed by atoms with van der Waals surface area (Å²) in [6, 6.07) is 0. The lowest BCUT2D eigenvalue weighted by Crippen LogP contribution is -2.38. The number of aliphatic hydroxyl groups is 1. The van der Waals surface area contributed by atoms with Crippen molar-refractivity contribution in [2.45, 2.75) is 25.9 Å². The lowest BCUT2D eigenvalue weighted by molar-refractivity contribution is 0.0565. The molecule has 0 aromatic carbocycles. The molecule has 2 N–H and O–H groups in total. The van der Waals surface area contributed by atoms with Gasteiger partial charge in [0.1, 0.15) is 0 Å². The first-order chi connectivity index (χ1) is 5.48. The number of rotatable bonds is 6. The van der Waals surface area contributed by atoms with Crippen LogP contribution in [0.25, 0.3) is 0 Å². The summed E-state index contributed by atoms with van der Waals surface area (Å²) >= 11 is 0. The SMILES string of the molecule is CCC(C)(O)CNCCS(C)=O. The molecule has 0 saturated carbocycles. The Morgan fingerprint density at radius 3 is 2.58 bits per heavy atom. The third kappa shape index (κ3) is 6.76. The summed E-state index contributed by atoms with van der Waals surface area (Å²) in [6.07, 6.45) is 2.41. The summed E-state index contributed by atoms with van der Waals surface area (Å²) in [5.74, 6) is 0.653. The van der Waals surface area contributed by atoms with Gasteiger partial charge in [-0.25, -0.2) is 0 Å². The fraction of sp³-hybridized carbons (Fsp3) is 1.00. The molecule has 0 rings (SSSR count). The van der Waals surface area contributed by atoms with Crippen LogP contribution in [0.15, 0.2) is 0 Å². The summed E-state index contributed by atoms with van der Waals surface area (Å²) in [7, 11) is -0.740. The highest BCUT2D eigenvalue weighted by molar-refractivity contribution is 7.84. The molecular formula is C8H19NO2S. The van der Waals surface area contributed by atoms with Crippen LogP contribution < -0.4 is 5.32 Å². The van der Waals surface area contributed by atoms with Gasteiger partial charge in [-0.2, -0.15) is 0 Å². The first-order valence-corrected chi connectivity index (χ1v) is 5.94. The van der Waals surface area contributed by atoms with Crippen LogP contribution in [-0.4, -0.2) is 40.0 Å². The molecule has 3 nitrogen and oxygen atoms in total. The van der Waals surface area contributed by atoms with Crippen molar-refractivity contribution in [1.82, 2.24) is 5.32 Å². The van der Waals surface area contributed by atoms with E-state index in [4.69, 9.17) is 0 Å². The second-order valence-electron chi connectivity index (χ2n) is 3.30. The predicted octanol–water partition coefficient (Wildman–Crippen LogP) is 0.116. The van der Waals surface area contributed by atoms with Crippen LogP contribution in [-0.2, 0) is 10.8 Å². The minimum Gasteiger partial charge on any atom is -0.389 e. The van der Waals surface area contributed by atoms with Gasteiger partial charge >= 0.3 is 0 Å². The van der Waals surface area contributed by atoms with E-state index in [1.807, 2.05) is 6.92 Å². The van der Waals surface area contributed by atoms with E-state index in [9.17, 15) is 9.32 Å². The molecule has 0 aromatic rings. The normalized spacial score (nSPS) is 18.7. The van der Waals surface area contributed by atoms with Crippen molar-refractivity contribution >= 4 is 10.8 Å². The van der Waals surface area contributed by atoms with Gasteiger partial charge in [0, 0.05) is 35.9 Å². The maximum absolute atomic E-state index is 10.6. The van der Waals surface area contributed by atoms with E-state index in [1.165, 1.54) is 0 Å². The summed E-state index contributed by atoms with van der Waals surface area (Å²) in [5.41, 5.74) is -0.630. The molecule has 0 fully saturated rings. The van der Waals surface area contributed by atoms with Crippen LogP contribution in [0.1, 0.15) is 20.3 Å². The summed E-state index contributed by atoms with van der Waals surface area (Å²) in [5, 5.41) is 12.6. The number of hydrogen-bond acceptors (Lipinski definition) is 3. The number of nitrogens with one attached hydrogen (secondary N) is 1. The van der Waals surface area contributed by atoms with Gasteiger partial charge < -0.3 is 10.4 Å². The fourth-order valence-corrected chi connectivity index (χ4v) is 1.13. The zero-order valence-corrected chi connectivity index (χ0v) is 8.91. The first-order valence-electron chi connectivity index (χ1n) is 4.21. The third-order valence-corrected chi connectivity index (χ3v) is 2.61. The van der Waals surface area contributed by atoms with Crippen molar-refractivity contribution < 1.29 is 9.32 Å². The van der Waals surface area contributed by atoms with E-state index in [1.54, 1.807) is 13.2 Å². The van der Waals surface area contributed by atoms with Crippen LogP contribution in [0.3, 0.4) is 0 Å². The third-order valence-electron chi connectivity index (χ3n) is 1.83. The van der Waals surface area contributed by atoms with Crippen LogP contribution >= 0.6 is 0 Å². The lowest BCUT2D eigenvalue weighted by atomic mass is 10.0. The topological polar surface area (TPSA) is 49.3 Å². The molecule has 0 aliphatic rings. The first kappa shape index (κ1) is 12.1. The molecule has 0 aromatic heterocycles. The summed E-state index contributed by atoms with van der Waals surface area (Å²) in [6.45, 7) is 5.02. The van der Waals surface area contributed by atoms with E-state index >= 15 is 0 Å². The van der Waals surface area contributed by atoms with Crippen LogP contribution in [0.2, 0.25) is 0 Å². The molecule has 0 saturated heterocycles. The van der Waals surface area contributed by atoms with Gasteiger partial charge in [0.25, 0.3) is 0 Å². The molecule has 2 atom stereocenters. The molecule has 2 unspecified atom stereocenters. The van der Waals surface area contributed by atoms with Crippen molar-refractivity contribution in [3.8, 4) is 0 Å². The molecular weight excluding hydrogens is 174 g/mol. The number of hydrogen-bond donors (Lipinski definition) is 2. The molecule has 0 aliphatic heterocycles. The summed E-state index contributed by atoms with van der Waals surface area (Å²) < 4.78 is 10.6. The zero-order valence-electron chi connectivity index (χ0n) is 8.09. The molecule has 0 radical (unpaired) electrons. The zero-order chi connectivity index (χ0) is 9.61. The fourth-order valence-electron chi connectivity index (χ4n) is 0.699. The van der Waals surface area contributed by atoms with Gasteiger partial charge in [-0.15, -0.1) is 0 Å². The molecule has 74 valence electrons. The van der Waals surface area contributed by atoms with Gasteiger partial charge in [0.15, 0.2) is 0 Å². The Morgan fingerprint density at radius 2 is 2.17 bits per heavy atom. The Hall–Kier alpha value is 0.0700. The highest BCUT2D eigenvalue weighted by atomic mass is 32.2. The van der Waals surface area contributed by atoms with E-state index in [-0.39, 0.29) is 0 Å². The lowest BCUT2D eigenvalue weighted by Gasteiger charge is -2.21. The van der Waals surface area contributed by atoms with Crippen molar-refractivity contribution in [2.24, 2.45) is 0 Å². The Morgan fingerprint density at radius 1 is 1.58 bits per heavy atom. The highest BCUT2D eigenvalue weighted by Crippen LogP contribution is 2.05. The second-order valence-corrected chi connectivity index (χ2v) is 4.86. The average molecular weight is 193 g/mol. The Bertz CT molecular complexity index is 148. The van der Waals surface area contributed by atoms with E-state index in [2.05, 4.69) is 5.32 Å². The molecule has 0 heterocycles. The van der Waals surface area contributed by atoms with Crippen LogP contribution in [0.5, 0.6) is 0 Å². The minimum absolute atomic E-state index is 0.570. The van der Waals surface area contributed by atoms with Gasteiger partial charge in [0.05, 0.1) is 5.60 Å². The van der Waals surface area contributed by atoms with Crippen molar-refractivity contribution in [2.75, 3.05) is 25.1 Å². The Kier molecular flexibility index (Phi) is 5.70. The predicted molar refractivity (Wildman–Crippen MR) is 52.7 cm³/mol. The average Bonchev–Trinajstić information content (AvgIpc) is 1.98. The van der Waals surface area contributed by atoms with Crippen molar-refractivity contribution in [3.05, 3.63) is 0 Å². The largest absolute Gasteiger partial charge is 0.389 e. The van der Waals surface area contributed by atoms with E-state index in [0.717, 1.165) is 6.42 Å². The quantitative estimate of drug-likeness (QED) is 0.589. The smallest absolute Gasteiger partial charge is 0.0740 e. The maximum Gasteiger partial charge on any atom is 0.0740 e. The molecule has 0 amide bonds.